The summed E-state index contributed by atoms with van der Waals surface area (Å²) in [4.78, 5) is 2.25. The summed E-state index contributed by atoms with van der Waals surface area (Å²) in [6.07, 6.45) is 0. The van der Waals surface area contributed by atoms with Gasteiger partial charge in [0.2, 0.25) is 0 Å². The summed E-state index contributed by atoms with van der Waals surface area (Å²) in [5.74, 6) is 0. The van der Waals surface area contributed by atoms with Gasteiger partial charge in [0.1, 0.15) is 6.04 Å². The van der Waals surface area contributed by atoms with Crippen molar-refractivity contribution in [2.45, 2.75) is 15.8 Å². The van der Waals surface area contributed by atoms with Gasteiger partial charge in [-0.1, -0.05) is 66.4 Å². The average molecular weight is 316 g/mol. The smallest absolute Gasteiger partial charge is 0.141 e. The van der Waals surface area contributed by atoms with Crippen molar-refractivity contribution in [2.24, 2.45) is 0 Å². The van der Waals surface area contributed by atoms with Crippen molar-refractivity contribution >= 4 is 17.4 Å². The van der Waals surface area contributed by atoms with E-state index in [4.69, 9.17) is 0 Å². The van der Waals surface area contributed by atoms with Crippen LogP contribution in [0.2, 0.25) is 0 Å². The molecule has 3 aromatic carbocycles. The van der Waals surface area contributed by atoms with Crippen LogP contribution in [0.15, 0.2) is 94.7 Å². The molecular formula is C20H16N2S. The molecule has 112 valence electrons. The summed E-state index contributed by atoms with van der Waals surface area (Å²) in [5.41, 5.74) is 1.94. The minimum atomic E-state index is -0.384. The SMILES string of the molecule is N#CC(Nc1ccccc1)c1ccccc1Sc1ccccc1. The minimum absolute atomic E-state index is 0.384. The van der Waals surface area contributed by atoms with E-state index in [0.717, 1.165) is 21.0 Å². The van der Waals surface area contributed by atoms with Crippen LogP contribution in [0.5, 0.6) is 0 Å². The maximum absolute atomic E-state index is 9.61. The van der Waals surface area contributed by atoms with E-state index in [-0.39, 0.29) is 6.04 Å². The fourth-order valence-corrected chi connectivity index (χ4v) is 3.31. The molecule has 1 atom stereocenters. The Balaban J connectivity index is 1.88. The van der Waals surface area contributed by atoms with E-state index in [2.05, 4.69) is 29.6 Å². The largest absolute Gasteiger partial charge is 0.366 e. The summed E-state index contributed by atoms with van der Waals surface area (Å²) >= 11 is 1.68. The summed E-state index contributed by atoms with van der Waals surface area (Å²) in [6, 6.07) is 30.1. The first kappa shape index (κ1) is 15.2. The predicted octanol–water partition coefficient (Wildman–Crippen LogP) is 5.51. The second-order valence-corrected chi connectivity index (χ2v) is 6.14. The average Bonchev–Trinajstić information content (AvgIpc) is 2.62. The molecule has 3 heteroatoms. The third-order valence-corrected chi connectivity index (χ3v) is 4.51. The highest BCUT2D eigenvalue weighted by molar-refractivity contribution is 7.99. The van der Waals surface area contributed by atoms with E-state index in [9.17, 15) is 5.26 Å². The monoisotopic (exact) mass is 316 g/mol. The molecule has 1 N–H and O–H groups in total. The number of nitrogens with one attached hydrogen (secondary N) is 1. The molecule has 0 spiro atoms. The Hall–Kier alpha value is -2.70. The number of hydrogen-bond acceptors (Lipinski definition) is 3. The summed E-state index contributed by atoms with van der Waals surface area (Å²) < 4.78 is 0. The van der Waals surface area contributed by atoms with Gasteiger partial charge >= 0.3 is 0 Å². The van der Waals surface area contributed by atoms with Gasteiger partial charge in [-0.3, -0.25) is 0 Å². The quantitative estimate of drug-likeness (QED) is 0.673. The van der Waals surface area contributed by atoms with Gasteiger partial charge in [0.05, 0.1) is 6.07 Å². The fraction of sp³-hybridized carbons (Fsp3) is 0.0500. The molecule has 0 aliphatic carbocycles. The molecule has 3 aromatic rings. The molecule has 2 nitrogen and oxygen atoms in total. The zero-order chi connectivity index (χ0) is 15.9. The van der Waals surface area contributed by atoms with Crippen LogP contribution >= 0.6 is 11.8 Å². The van der Waals surface area contributed by atoms with Crippen LogP contribution in [0.4, 0.5) is 5.69 Å². The van der Waals surface area contributed by atoms with Crippen LogP contribution in [-0.4, -0.2) is 0 Å². The van der Waals surface area contributed by atoms with Crippen LogP contribution < -0.4 is 5.32 Å². The standard InChI is InChI=1S/C20H16N2S/c21-15-19(22-16-9-3-1-4-10-16)18-13-7-8-14-20(18)23-17-11-5-2-6-12-17/h1-14,19,22H. The lowest BCUT2D eigenvalue weighted by Gasteiger charge is -2.16. The molecule has 0 radical (unpaired) electrons. The first-order valence-corrected chi connectivity index (χ1v) is 8.21. The Morgan fingerprint density at radius 2 is 1.39 bits per heavy atom. The van der Waals surface area contributed by atoms with Crippen molar-refractivity contribution in [3.8, 4) is 6.07 Å². The van der Waals surface area contributed by atoms with Crippen molar-refractivity contribution in [3.63, 3.8) is 0 Å². The lowest BCUT2D eigenvalue weighted by atomic mass is 10.1. The molecule has 0 saturated heterocycles. The van der Waals surface area contributed by atoms with Gasteiger partial charge in [0.25, 0.3) is 0 Å². The Morgan fingerprint density at radius 1 is 0.783 bits per heavy atom. The molecule has 0 saturated carbocycles. The second kappa shape index (κ2) is 7.53. The van der Waals surface area contributed by atoms with Crippen molar-refractivity contribution in [1.82, 2.24) is 0 Å². The van der Waals surface area contributed by atoms with E-state index in [1.165, 1.54) is 0 Å². The minimum Gasteiger partial charge on any atom is -0.366 e. The Bertz CT molecular complexity index is 795. The van der Waals surface area contributed by atoms with E-state index in [1.807, 2.05) is 66.7 Å². The molecule has 0 bridgehead atoms. The molecule has 0 amide bonds. The van der Waals surface area contributed by atoms with Gasteiger partial charge in [-0.2, -0.15) is 5.26 Å². The number of para-hydroxylation sites is 1. The van der Waals surface area contributed by atoms with Gasteiger partial charge in [-0.15, -0.1) is 0 Å². The molecule has 1 unspecified atom stereocenters. The third kappa shape index (κ3) is 3.94. The molecule has 0 heterocycles. The van der Waals surface area contributed by atoms with Gasteiger partial charge < -0.3 is 5.32 Å². The predicted molar refractivity (Wildman–Crippen MR) is 95.4 cm³/mol. The second-order valence-electron chi connectivity index (χ2n) is 5.03. The summed E-state index contributed by atoms with van der Waals surface area (Å²) in [5, 5.41) is 12.9. The lowest BCUT2D eigenvalue weighted by molar-refractivity contribution is 0.963. The number of nitriles is 1. The van der Waals surface area contributed by atoms with Crippen molar-refractivity contribution in [3.05, 3.63) is 90.5 Å². The highest BCUT2D eigenvalue weighted by Crippen LogP contribution is 2.34. The summed E-state index contributed by atoms with van der Waals surface area (Å²) in [6.45, 7) is 0. The third-order valence-electron chi connectivity index (χ3n) is 3.41. The van der Waals surface area contributed by atoms with E-state index in [1.54, 1.807) is 11.8 Å². The number of rotatable bonds is 5. The first-order chi connectivity index (χ1) is 11.4. The van der Waals surface area contributed by atoms with Crippen LogP contribution in [0, 0.1) is 11.3 Å². The number of hydrogen-bond donors (Lipinski definition) is 1. The molecule has 0 aromatic heterocycles. The molecular weight excluding hydrogens is 300 g/mol. The van der Waals surface area contributed by atoms with Crippen LogP contribution in [0.3, 0.4) is 0 Å². The fourth-order valence-electron chi connectivity index (χ4n) is 2.31. The van der Waals surface area contributed by atoms with Gasteiger partial charge in [0.15, 0.2) is 0 Å². The van der Waals surface area contributed by atoms with Crippen LogP contribution in [-0.2, 0) is 0 Å². The molecule has 3 rings (SSSR count). The number of anilines is 1. The summed E-state index contributed by atoms with van der Waals surface area (Å²) in [7, 11) is 0. The van der Waals surface area contributed by atoms with Gasteiger partial charge in [0, 0.05) is 21.0 Å². The topological polar surface area (TPSA) is 35.8 Å². The zero-order valence-electron chi connectivity index (χ0n) is 12.5. The first-order valence-electron chi connectivity index (χ1n) is 7.40. The van der Waals surface area contributed by atoms with E-state index >= 15 is 0 Å². The number of benzene rings is 3. The van der Waals surface area contributed by atoms with Crippen molar-refractivity contribution in [2.75, 3.05) is 5.32 Å². The van der Waals surface area contributed by atoms with Crippen molar-refractivity contribution < 1.29 is 0 Å². The Kier molecular flexibility index (Phi) is 4.98. The van der Waals surface area contributed by atoms with E-state index < -0.39 is 0 Å². The normalized spacial score (nSPS) is 11.4. The van der Waals surface area contributed by atoms with Crippen LogP contribution in [0.25, 0.3) is 0 Å². The maximum Gasteiger partial charge on any atom is 0.141 e. The highest BCUT2D eigenvalue weighted by atomic mass is 32.2. The molecule has 23 heavy (non-hydrogen) atoms. The highest BCUT2D eigenvalue weighted by Gasteiger charge is 2.15. The zero-order valence-corrected chi connectivity index (χ0v) is 13.3. The Morgan fingerprint density at radius 3 is 2.09 bits per heavy atom. The van der Waals surface area contributed by atoms with Gasteiger partial charge in [-0.05, 0) is 30.3 Å². The van der Waals surface area contributed by atoms with Crippen molar-refractivity contribution in [1.29, 1.82) is 5.26 Å². The van der Waals surface area contributed by atoms with Gasteiger partial charge in [-0.25, -0.2) is 0 Å². The lowest BCUT2D eigenvalue weighted by Crippen LogP contribution is -2.09. The maximum atomic E-state index is 9.61. The molecule has 0 aliphatic rings. The number of nitrogens with zero attached hydrogens (tertiary/aromatic N) is 1. The molecule has 0 fully saturated rings. The van der Waals surface area contributed by atoms with E-state index in [0.29, 0.717) is 0 Å². The van der Waals surface area contributed by atoms with Crippen LogP contribution in [0.1, 0.15) is 11.6 Å². The Labute approximate surface area is 140 Å². The molecule has 0 aliphatic heterocycles.